The lowest BCUT2D eigenvalue weighted by Crippen LogP contribution is -2.37. The second-order valence-corrected chi connectivity index (χ2v) is 19.3. The standard InChI is InChI=1S/C50H90NO9P/c1-6-8-10-11-12-13-14-15-16-17-18-19-20-21-22-27-30-33-37-41-50(53)59-46(45-58-61(54,55)57-43-42-51(3,4)5)44-56-49(52)40-36-32-29-26-24-23-25-28-31-35-39-48-47(60-48)38-34-9-7-2/h15-16,23,25-26,29,31,35,46-48H,6-14,17-22,24,27-28,30,32-34,36-45H2,1-5H3/p+1/b16-15-,25-23-,29-26-,35-31-/t46-,47?,48?/m1/s1. The van der Waals surface area contributed by atoms with Gasteiger partial charge in [-0.1, -0.05) is 159 Å². The zero-order chi connectivity index (χ0) is 44.7. The van der Waals surface area contributed by atoms with Crippen LogP contribution in [0.5, 0.6) is 0 Å². The predicted molar refractivity (Wildman–Crippen MR) is 251 cm³/mol. The predicted octanol–water partition coefficient (Wildman–Crippen LogP) is 13.2. The van der Waals surface area contributed by atoms with Gasteiger partial charge in [-0.15, -0.1) is 0 Å². The van der Waals surface area contributed by atoms with Crippen LogP contribution in [-0.2, 0) is 37.4 Å². The number of allylic oxidation sites excluding steroid dienone is 7. The monoisotopic (exact) mass is 881 g/mol. The number of unbranched alkanes of at least 4 members (excludes halogenated alkanes) is 18. The number of epoxide rings is 1. The number of esters is 2. The molecule has 0 aromatic carbocycles. The first kappa shape index (κ1) is 56.9. The number of hydrogen-bond acceptors (Lipinski definition) is 8. The number of hydrogen-bond donors (Lipinski definition) is 1. The Kier molecular flexibility index (Phi) is 35.8. The molecule has 1 aliphatic heterocycles. The summed E-state index contributed by atoms with van der Waals surface area (Å²) in [5.74, 6) is -0.870. The summed E-state index contributed by atoms with van der Waals surface area (Å²) in [6.07, 6.45) is 47.7. The lowest BCUT2D eigenvalue weighted by Gasteiger charge is -2.24. The molecule has 61 heavy (non-hydrogen) atoms. The number of rotatable bonds is 43. The molecule has 0 aliphatic carbocycles. The Morgan fingerprint density at radius 1 is 0.607 bits per heavy atom. The molecule has 0 aromatic heterocycles. The van der Waals surface area contributed by atoms with Crippen LogP contribution in [0, 0.1) is 0 Å². The zero-order valence-electron chi connectivity index (χ0n) is 39.6. The van der Waals surface area contributed by atoms with E-state index in [9.17, 15) is 19.0 Å². The van der Waals surface area contributed by atoms with Crippen molar-refractivity contribution in [1.29, 1.82) is 0 Å². The maximum atomic E-state index is 12.7. The van der Waals surface area contributed by atoms with Gasteiger partial charge in [-0.2, -0.15) is 0 Å². The first-order chi connectivity index (χ1) is 29.5. The van der Waals surface area contributed by atoms with E-state index in [0.717, 1.165) is 44.9 Å². The number of ether oxygens (including phenoxy) is 3. The van der Waals surface area contributed by atoms with Crippen LogP contribution in [0.25, 0.3) is 0 Å². The normalized spacial score (nSPS) is 17.2. The van der Waals surface area contributed by atoms with Gasteiger partial charge in [0.15, 0.2) is 6.10 Å². The summed E-state index contributed by atoms with van der Waals surface area (Å²) in [6, 6.07) is 0. The highest BCUT2D eigenvalue weighted by Crippen LogP contribution is 2.43. The van der Waals surface area contributed by atoms with Crippen molar-refractivity contribution in [2.45, 2.75) is 212 Å². The van der Waals surface area contributed by atoms with E-state index in [2.05, 4.69) is 62.5 Å². The second kappa shape index (κ2) is 38.4. The van der Waals surface area contributed by atoms with Gasteiger partial charge in [0.1, 0.15) is 19.8 Å². The highest BCUT2D eigenvalue weighted by Gasteiger charge is 2.36. The third kappa shape index (κ3) is 39.3. The van der Waals surface area contributed by atoms with E-state index in [1.807, 2.05) is 21.1 Å². The van der Waals surface area contributed by atoms with Gasteiger partial charge in [-0.25, -0.2) is 4.57 Å². The smallest absolute Gasteiger partial charge is 0.462 e. The molecule has 0 spiro atoms. The Morgan fingerprint density at radius 3 is 1.74 bits per heavy atom. The van der Waals surface area contributed by atoms with Crippen LogP contribution in [0.1, 0.15) is 194 Å². The molecule has 3 unspecified atom stereocenters. The second-order valence-electron chi connectivity index (χ2n) is 17.9. The van der Waals surface area contributed by atoms with Crippen molar-refractivity contribution < 1.29 is 46.8 Å². The summed E-state index contributed by atoms with van der Waals surface area (Å²) in [6.45, 7) is 4.32. The van der Waals surface area contributed by atoms with Crippen LogP contribution in [0.4, 0.5) is 0 Å². The van der Waals surface area contributed by atoms with Crippen molar-refractivity contribution in [3.05, 3.63) is 48.6 Å². The summed E-state index contributed by atoms with van der Waals surface area (Å²) in [5, 5.41) is 0. The van der Waals surface area contributed by atoms with Gasteiger partial charge in [0.25, 0.3) is 0 Å². The Morgan fingerprint density at radius 2 is 1.11 bits per heavy atom. The van der Waals surface area contributed by atoms with Crippen LogP contribution in [0.15, 0.2) is 48.6 Å². The van der Waals surface area contributed by atoms with E-state index < -0.39 is 32.5 Å². The summed E-state index contributed by atoms with van der Waals surface area (Å²) < 4.78 is 40.1. The minimum absolute atomic E-state index is 0.0198. The van der Waals surface area contributed by atoms with Gasteiger partial charge in [0.05, 0.1) is 40.0 Å². The molecule has 0 bridgehead atoms. The SMILES string of the molecule is CCCCCCCC/C=C\CCCCCCCCCCCC(=O)O[C@H](COC(=O)CCC/C=C\C/C=C\C/C=C\CC1OC1CCCCC)COP(=O)(O)OCC[N+](C)(C)C. The van der Waals surface area contributed by atoms with Gasteiger partial charge in [-0.3, -0.25) is 18.6 Å². The van der Waals surface area contributed by atoms with Gasteiger partial charge < -0.3 is 23.6 Å². The number of carbonyl (C=O) groups excluding carboxylic acids is 2. The van der Waals surface area contributed by atoms with E-state index in [0.29, 0.717) is 36.1 Å². The number of phosphoric ester groups is 1. The van der Waals surface area contributed by atoms with Gasteiger partial charge in [0.2, 0.25) is 0 Å². The third-order valence-electron chi connectivity index (χ3n) is 10.8. The molecule has 1 fully saturated rings. The molecular weight excluding hydrogens is 790 g/mol. The molecule has 11 heteroatoms. The quantitative estimate of drug-likeness (QED) is 0.0159. The topological polar surface area (TPSA) is 121 Å². The van der Waals surface area contributed by atoms with Crippen molar-refractivity contribution in [2.75, 3.05) is 47.5 Å². The first-order valence-electron chi connectivity index (χ1n) is 24.5. The van der Waals surface area contributed by atoms with E-state index in [1.54, 1.807) is 0 Å². The summed E-state index contributed by atoms with van der Waals surface area (Å²) in [7, 11) is 1.44. The maximum Gasteiger partial charge on any atom is 0.472 e. The summed E-state index contributed by atoms with van der Waals surface area (Å²) >= 11 is 0. The highest BCUT2D eigenvalue weighted by molar-refractivity contribution is 7.47. The number of carbonyl (C=O) groups is 2. The maximum absolute atomic E-state index is 12.7. The van der Waals surface area contributed by atoms with Crippen LogP contribution < -0.4 is 0 Å². The Labute approximate surface area is 373 Å². The number of quaternary nitrogens is 1. The summed E-state index contributed by atoms with van der Waals surface area (Å²) in [5.41, 5.74) is 0. The fourth-order valence-corrected chi connectivity index (χ4v) is 7.54. The molecule has 0 amide bonds. The molecule has 354 valence electrons. The van der Waals surface area contributed by atoms with E-state index >= 15 is 0 Å². The molecule has 1 N–H and O–H groups in total. The van der Waals surface area contributed by atoms with Crippen molar-refractivity contribution >= 4 is 19.8 Å². The molecule has 1 saturated heterocycles. The van der Waals surface area contributed by atoms with Crippen molar-refractivity contribution in [3.63, 3.8) is 0 Å². The molecule has 1 rings (SSSR count). The van der Waals surface area contributed by atoms with Crippen molar-refractivity contribution in [1.82, 2.24) is 0 Å². The molecule has 10 nitrogen and oxygen atoms in total. The van der Waals surface area contributed by atoms with E-state index in [1.165, 1.54) is 109 Å². The van der Waals surface area contributed by atoms with Gasteiger partial charge in [-0.05, 0) is 70.6 Å². The largest absolute Gasteiger partial charge is 0.472 e. The fourth-order valence-electron chi connectivity index (χ4n) is 6.80. The average Bonchev–Trinajstić information content (AvgIpc) is 3.97. The molecule has 0 saturated carbocycles. The van der Waals surface area contributed by atoms with Crippen LogP contribution >= 0.6 is 7.82 Å². The molecule has 4 atom stereocenters. The average molecular weight is 881 g/mol. The minimum Gasteiger partial charge on any atom is -0.462 e. The number of phosphoric acid groups is 1. The number of nitrogens with zero attached hydrogens (tertiary/aromatic N) is 1. The fraction of sp³-hybridized carbons (Fsp3) is 0.800. The van der Waals surface area contributed by atoms with Gasteiger partial charge >= 0.3 is 19.8 Å². The lowest BCUT2D eigenvalue weighted by atomic mass is 10.1. The zero-order valence-corrected chi connectivity index (χ0v) is 40.5. The van der Waals surface area contributed by atoms with Crippen molar-refractivity contribution in [2.24, 2.45) is 0 Å². The summed E-state index contributed by atoms with van der Waals surface area (Å²) in [4.78, 5) is 35.5. The molecule has 0 radical (unpaired) electrons. The molecule has 1 heterocycles. The Bertz CT molecular complexity index is 1240. The van der Waals surface area contributed by atoms with E-state index in [4.69, 9.17) is 23.3 Å². The van der Waals surface area contributed by atoms with E-state index in [-0.39, 0.29) is 26.1 Å². The van der Waals surface area contributed by atoms with Gasteiger partial charge in [0, 0.05) is 12.8 Å². The van der Waals surface area contributed by atoms with Crippen molar-refractivity contribution in [3.8, 4) is 0 Å². The minimum atomic E-state index is -4.39. The number of likely N-dealkylation sites (N-methyl/N-ethyl adjacent to an activating group) is 1. The Balaban J connectivity index is 2.27. The third-order valence-corrected chi connectivity index (χ3v) is 11.7. The molecule has 1 aliphatic rings. The highest BCUT2D eigenvalue weighted by atomic mass is 31.2. The van der Waals surface area contributed by atoms with Crippen LogP contribution in [0.2, 0.25) is 0 Å². The Hall–Kier alpha value is -2.07. The molecule has 0 aromatic rings. The van der Waals surface area contributed by atoms with Crippen LogP contribution in [0.3, 0.4) is 0 Å². The lowest BCUT2D eigenvalue weighted by molar-refractivity contribution is -0.870. The first-order valence-corrected chi connectivity index (χ1v) is 26.0. The van der Waals surface area contributed by atoms with Crippen LogP contribution in [-0.4, -0.2) is 87.1 Å². The molecular formula is C50H91NO9P+.